The van der Waals surface area contributed by atoms with E-state index < -0.39 is 0 Å². The number of rotatable bonds is 3. The molecule has 3 N–H and O–H groups in total. The number of nitrogens with one attached hydrogen (secondary N) is 1. The van der Waals surface area contributed by atoms with Crippen molar-refractivity contribution in [3.05, 3.63) is 10.9 Å². The first kappa shape index (κ1) is 14.1. The van der Waals surface area contributed by atoms with Gasteiger partial charge in [-0.25, -0.2) is 0 Å². The van der Waals surface area contributed by atoms with Crippen LogP contribution in [-0.4, -0.2) is 37.7 Å². The Morgan fingerprint density at radius 1 is 1.53 bits per heavy atom. The highest BCUT2D eigenvalue weighted by Crippen LogP contribution is 2.33. The molecule has 2 rings (SSSR count). The molecule has 106 valence electrons. The molecule has 0 spiro atoms. The van der Waals surface area contributed by atoms with Crippen LogP contribution in [0.15, 0.2) is 6.07 Å². The van der Waals surface area contributed by atoms with Crippen molar-refractivity contribution in [2.45, 2.75) is 33.0 Å². The largest absolute Gasteiger partial charge is 0.397 e. The van der Waals surface area contributed by atoms with E-state index in [-0.39, 0.29) is 18.1 Å². The van der Waals surface area contributed by atoms with Crippen molar-refractivity contribution in [2.75, 3.05) is 30.3 Å². The standard InChI is InChI=1S/C13H21N3O2S/c1-4-15-13(17)12-10(14)5-11(19-12)16-6-8(2)18-9(3)7-16/h5,8-9H,4,6-7,14H2,1-3H3,(H,15,17). The highest BCUT2D eigenvalue weighted by atomic mass is 32.1. The Labute approximate surface area is 117 Å². The molecule has 1 aliphatic heterocycles. The molecular formula is C13H21N3O2S. The van der Waals surface area contributed by atoms with Gasteiger partial charge in [-0.3, -0.25) is 4.79 Å². The third-order valence-electron chi connectivity index (χ3n) is 3.02. The highest BCUT2D eigenvalue weighted by molar-refractivity contribution is 7.18. The topological polar surface area (TPSA) is 67.6 Å². The SMILES string of the molecule is CCNC(=O)c1sc(N2CC(C)OC(C)C2)cc1N. The summed E-state index contributed by atoms with van der Waals surface area (Å²) in [5.41, 5.74) is 6.49. The van der Waals surface area contributed by atoms with E-state index in [0.29, 0.717) is 17.1 Å². The molecular weight excluding hydrogens is 262 g/mol. The van der Waals surface area contributed by atoms with Gasteiger partial charge in [-0.1, -0.05) is 0 Å². The molecule has 19 heavy (non-hydrogen) atoms. The highest BCUT2D eigenvalue weighted by Gasteiger charge is 2.25. The van der Waals surface area contributed by atoms with E-state index in [1.807, 2.05) is 13.0 Å². The summed E-state index contributed by atoms with van der Waals surface area (Å²) in [6, 6.07) is 1.89. The molecule has 0 aromatic carbocycles. The number of hydrogen-bond acceptors (Lipinski definition) is 5. The van der Waals surface area contributed by atoms with Crippen molar-refractivity contribution in [3.63, 3.8) is 0 Å². The van der Waals surface area contributed by atoms with Crippen LogP contribution in [0.5, 0.6) is 0 Å². The molecule has 0 bridgehead atoms. The van der Waals surface area contributed by atoms with Crippen molar-refractivity contribution in [2.24, 2.45) is 0 Å². The van der Waals surface area contributed by atoms with Gasteiger partial charge < -0.3 is 20.7 Å². The van der Waals surface area contributed by atoms with Crippen molar-refractivity contribution < 1.29 is 9.53 Å². The fraction of sp³-hybridized carbons (Fsp3) is 0.615. The van der Waals surface area contributed by atoms with Gasteiger partial charge in [-0.2, -0.15) is 0 Å². The summed E-state index contributed by atoms with van der Waals surface area (Å²) in [5, 5.41) is 3.83. The van der Waals surface area contributed by atoms with Crippen molar-refractivity contribution >= 4 is 27.9 Å². The number of nitrogen functional groups attached to an aromatic ring is 1. The van der Waals surface area contributed by atoms with E-state index >= 15 is 0 Å². The first-order chi connectivity index (χ1) is 9.01. The van der Waals surface area contributed by atoms with Crippen LogP contribution in [0.25, 0.3) is 0 Å². The quantitative estimate of drug-likeness (QED) is 0.886. The lowest BCUT2D eigenvalue weighted by Gasteiger charge is -2.35. The second kappa shape index (κ2) is 5.79. The summed E-state index contributed by atoms with van der Waals surface area (Å²) in [4.78, 5) is 14.7. The number of nitrogens with two attached hydrogens (primary N) is 1. The van der Waals surface area contributed by atoms with E-state index in [1.54, 1.807) is 0 Å². The van der Waals surface area contributed by atoms with Gasteiger partial charge in [0.15, 0.2) is 0 Å². The van der Waals surface area contributed by atoms with Gasteiger partial charge in [0.05, 0.1) is 22.9 Å². The van der Waals surface area contributed by atoms with Crippen molar-refractivity contribution in [3.8, 4) is 0 Å². The van der Waals surface area contributed by atoms with Crippen LogP contribution in [0.3, 0.4) is 0 Å². The predicted molar refractivity (Wildman–Crippen MR) is 79.0 cm³/mol. The van der Waals surface area contributed by atoms with Gasteiger partial charge in [0.1, 0.15) is 4.88 Å². The van der Waals surface area contributed by atoms with Gasteiger partial charge in [0, 0.05) is 19.6 Å². The molecule has 1 aromatic rings. The van der Waals surface area contributed by atoms with Crippen molar-refractivity contribution in [1.29, 1.82) is 0 Å². The third-order valence-corrected chi connectivity index (χ3v) is 4.23. The molecule has 5 nitrogen and oxygen atoms in total. The van der Waals surface area contributed by atoms with E-state index in [4.69, 9.17) is 10.5 Å². The van der Waals surface area contributed by atoms with Gasteiger partial charge in [-0.15, -0.1) is 11.3 Å². The van der Waals surface area contributed by atoms with E-state index in [1.165, 1.54) is 11.3 Å². The number of ether oxygens (including phenoxy) is 1. The second-order valence-corrected chi connectivity index (χ2v) is 5.92. The monoisotopic (exact) mass is 283 g/mol. The van der Waals surface area contributed by atoms with Crippen LogP contribution in [0.2, 0.25) is 0 Å². The maximum atomic E-state index is 11.9. The molecule has 1 amide bonds. The fourth-order valence-corrected chi connectivity index (χ4v) is 3.34. The van der Waals surface area contributed by atoms with Crippen LogP contribution in [-0.2, 0) is 4.74 Å². The molecule has 2 heterocycles. The third kappa shape index (κ3) is 3.19. The van der Waals surface area contributed by atoms with Crippen LogP contribution in [0.4, 0.5) is 10.7 Å². The average molecular weight is 283 g/mol. The molecule has 2 unspecified atom stereocenters. The Balaban J connectivity index is 2.17. The van der Waals surface area contributed by atoms with Gasteiger partial charge in [0.25, 0.3) is 5.91 Å². The number of hydrogen-bond donors (Lipinski definition) is 2. The Morgan fingerprint density at radius 3 is 2.74 bits per heavy atom. The summed E-state index contributed by atoms with van der Waals surface area (Å²) in [5.74, 6) is -0.0920. The predicted octanol–water partition coefficient (Wildman–Crippen LogP) is 1.69. The number of amides is 1. The minimum Gasteiger partial charge on any atom is -0.397 e. The lowest BCUT2D eigenvalue weighted by molar-refractivity contribution is -0.00500. The van der Waals surface area contributed by atoms with Crippen LogP contribution in [0, 0.1) is 0 Å². The Kier molecular flexibility index (Phi) is 4.31. The number of morpholine rings is 1. The summed E-state index contributed by atoms with van der Waals surface area (Å²) in [6.07, 6.45) is 0.389. The minimum absolute atomic E-state index is 0.0920. The second-order valence-electron chi connectivity index (χ2n) is 4.89. The summed E-state index contributed by atoms with van der Waals surface area (Å²) in [7, 11) is 0. The van der Waals surface area contributed by atoms with Gasteiger partial charge in [-0.05, 0) is 26.8 Å². The summed E-state index contributed by atoms with van der Waals surface area (Å²) >= 11 is 1.45. The Hall–Kier alpha value is -1.27. The molecule has 1 aliphatic rings. The molecule has 0 radical (unpaired) electrons. The minimum atomic E-state index is -0.0920. The molecule has 6 heteroatoms. The number of carbonyl (C=O) groups excluding carboxylic acids is 1. The molecule has 2 atom stereocenters. The first-order valence-electron chi connectivity index (χ1n) is 6.59. The number of anilines is 2. The fourth-order valence-electron chi connectivity index (χ4n) is 2.32. The van der Waals surface area contributed by atoms with Crippen LogP contribution in [0.1, 0.15) is 30.4 Å². The normalized spacial score (nSPS) is 23.4. The van der Waals surface area contributed by atoms with E-state index in [2.05, 4.69) is 24.1 Å². The summed E-state index contributed by atoms with van der Waals surface area (Å²) in [6.45, 7) is 8.29. The number of thiophene rings is 1. The zero-order valence-electron chi connectivity index (χ0n) is 11.6. The number of nitrogens with zero attached hydrogens (tertiary/aromatic N) is 1. The molecule has 0 saturated carbocycles. The van der Waals surface area contributed by atoms with E-state index in [0.717, 1.165) is 18.1 Å². The maximum Gasteiger partial charge on any atom is 0.263 e. The number of carbonyl (C=O) groups is 1. The average Bonchev–Trinajstić information content (AvgIpc) is 2.70. The van der Waals surface area contributed by atoms with Crippen LogP contribution < -0.4 is 16.0 Å². The lowest BCUT2D eigenvalue weighted by Crippen LogP contribution is -2.45. The maximum absolute atomic E-state index is 11.9. The summed E-state index contributed by atoms with van der Waals surface area (Å²) < 4.78 is 5.71. The molecule has 0 aliphatic carbocycles. The van der Waals surface area contributed by atoms with Gasteiger partial charge >= 0.3 is 0 Å². The molecule has 1 aromatic heterocycles. The Bertz CT molecular complexity index is 451. The Morgan fingerprint density at radius 2 is 2.16 bits per heavy atom. The molecule has 1 saturated heterocycles. The van der Waals surface area contributed by atoms with Crippen LogP contribution >= 0.6 is 11.3 Å². The lowest BCUT2D eigenvalue weighted by atomic mass is 10.2. The van der Waals surface area contributed by atoms with Crippen molar-refractivity contribution in [1.82, 2.24) is 5.32 Å². The molecule has 1 fully saturated rings. The smallest absolute Gasteiger partial charge is 0.263 e. The zero-order chi connectivity index (χ0) is 14.0. The van der Waals surface area contributed by atoms with Gasteiger partial charge in [0.2, 0.25) is 0 Å². The van der Waals surface area contributed by atoms with E-state index in [9.17, 15) is 4.79 Å². The first-order valence-corrected chi connectivity index (χ1v) is 7.40. The zero-order valence-corrected chi connectivity index (χ0v) is 12.4.